The molecule has 13 heavy (non-hydrogen) atoms. The molecule has 0 bridgehead atoms. The zero-order valence-corrected chi connectivity index (χ0v) is 8.87. The maximum Gasteiger partial charge on any atom is 0.0445 e. The maximum absolute atomic E-state index is 10.5. The van der Waals surface area contributed by atoms with E-state index in [1.165, 1.54) is 0 Å². The fourth-order valence-corrected chi connectivity index (χ4v) is 1.55. The van der Waals surface area contributed by atoms with Crippen LogP contribution in [0, 0.1) is 5.92 Å². The van der Waals surface area contributed by atoms with Gasteiger partial charge in [0.2, 0.25) is 0 Å². The van der Waals surface area contributed by atoms with Crippen molar-refractivity contribution < 1.29 is 9.90 Å². The van der Waals surface area contributed by atoms with Crippen molar-refractivity contribution in [1.82, 2.24) is 0 Å². The summed E-state index contributed by atoms with van der Waals surface area (Å²) in [6.45, 7) is 1.65. The van der Waals surface area contributed by atoms with Crippen LogP contribution >= 0.6 is 15.9 Å². The highest BCUT2D eigenvalue weighted by atomic mass is 79.9. The van der Waals surface area contributed by atoms with Crippen molar-refractivity contribution in [3.05, 3.63) is 34.3 Å². The van der Waals surface area contributed by atoms with Gasteiger partial charge in [-0.25, -0.2) is 0 Å². The van der Waals surface area contributed by atoms with Gasteiger partial charge in [-0.05, 0) is 30.0 Å². The third-order valence-electron chi connectivity index (χ3n) is 1.83. The van der Waals surface area contributed by atoms with E-state index in [0.717, 1.165) is 10.0 Å². The van der Waals surface area contributed by atoms with Crippen LogP contribution in [0.1, 0.15) is 12.5 Å². The summed E-state index contributed by atoms with van der Waals surface area (Å²) in [5, 5.41) is 10.5. The molecule has 0 fully saturated rings. The number of carbonyl (C=O) groups excluding carboxylic acids is 1. The Morgan fingerprint density at radius 2 is 2.31 bits per heavy atom. The summed E-state index contributed by atoms with van der Waals surface area (Å²) in [6, 6.07) is 7.62. The number of hydrogen-bond donors (Lipinski definition) is 0. The van der Waals surface area contributed by atoms with Gasteiger partial charge in [0.15, 0.2) is 0 Å². The van der Waals surface area contributed by atoms with Gasteiger partial charge in [-0.2, -0.15) is 0 Å². The van der Waals surface area contributed by atoms with E-state index in [0.29, 0.717) is 6.42 Å². The van der Waals surface area contributed by atoms with Crippen LogP contribution in [-0.2, 0) is 11.2 Å². The minimum absolute atomic E-state index is 0.436. The molecule has 0 aromatic heterocycles. The van der Waals surface area contributed by atoms with E-state index in [-0.39, 0.29) is 0 Å². The predicted molar refractivity (Wildman–Crippen MR) is 52.0 cm³/mol. The molecule has 1 atom stereocenters. The summed E-state index contributed by atoms with van der Waals surface area (Å²) in [5.41, 5.74) is 1.01. The molecule has 0 aliphatic carbocycles. The van der Waals surface area contributed by atoms with Crippen LogP contribution in [0.5, 0.6) is 0 Å². The highest BCUT2D eigenvalue weighted by molar-refractivity contribution is 9.10. The molecule has 0 radical (unpaired) electrons. The first-order valence-electron chi connectivity index (χ1n) is 4.05. The zero-order valence-electron chi connectivity index (χ0n) is 7.29. The van der Waals surface area contributed by atoms with Crippen molar-refractivity contribution in [1.29, 1.82) is 0 Å². The van der Waals surface area contributed by atoms with Gasteiger partial charge in [0.25, 0.3) is 0 Å². The van der Waals surface area contributed by atoms with Gasteiger partial charge < -0.3 is 9.90 Å². The molecule has 1 aromatic rings. The Labute approximate surface area is 85.7 Å². The van der Waals surface area contributed by atoms with Crippen molar-refractivity contribution >= 4 is 21.9 Å². The Morgan fingerprint density at radius 3 is 2.85 bits per heavy atom. The van der Waals surface area contributed by atoms with Crippen LogP contribution in [0.2, 0.25) is 0 Å². The number of carbonyl (C=O) groups is 1. The summed E-state index contributed by atoms with van der Waals surface area (Å²) in [6.07, 6.45) is 0.516. The van der Waals surface area contributed by atoms with Crippen molar-refractivity contribution in [3.63, 3.8) is 0 Å². The van der Waals surface area contributed by atoms with E-state index in [9.17, 15) is 9.90 Å². The molecule has 0 saturated heterocycles. The minimum atomic E-state index is -1.00. The SMILES string of the molecule is CC(Cc1cccc(Br)c1)C(=O)[O-]. The summed E-state index contributed by atoms with van der Waals surface area (Å²) in [4.78, 5) is 10.5. The van der Waals surface area contributed by atoms with E-state index in [2.05, 4.69) is 15.9 Å². The summed E-state index contributed by atoms with van der Waals surface area (Å²) in [7, 11) is 0. The average molecular weight is 242 g/mol. The number of halogens is 1. The minimum Gasteiger partial charge on any atom is -0.550 e. The topological polar surface area (TPSA) is 40.1 Å². The Morgan fingerprint density at radius 1 is 1.62 bits per heavy atom. The molecule has 3 heteroatoms. The first-order valence-corrected chi connectivity index (χ1v) is 4.84. The molecular formula is C10H10BrO2-. The summed E-state index contributed by atoms with van der Waals surface area (Å²) >= 11 is 3.33. The molecule has 0 N–H and O–H groups in total. The van der Waals surface area contributed by atoms with E-state index in [1.54, 1.807) is 6.92 Å². The van der Waals surface area contributed by atoms with Crippen molar-refractivity contribution in [3.8, 4) is 0 Å². The molecule has 2 nitrogen and oxygen atoms in total. The molecule has 0 aliphatic heterocycles. The first-order chi connectivity index (χ1) is 6.09. The quantitative estimate of drug-likeness (QED) is 0.803. The predicted octanol–water partition coefficient (Wildman–Crippen LogP) is 1.38. The largest absolute Gasteiger partial charge is 0.550 e. The van der Waals surface area contributed by atoms with Gasteiger partial charge in [0, 0.05) is 10.4 Å². The molecule has 1 unspecified atom stereocenters. The zero-order chi connectivity index (χ0) is 9.84. The Bertz CT molecular complexity index is 310. The second kappa shape index (κ2) is 4.42. The lowest BCUT2D eigenvalue weighted by Crippen LogP contribution is -2.30. The molecule has 70 valence electrons. The van der Waals surface area contributed by atoms with Crippen LogP contribution < -0.4 is 5.11 Å². The third-order valence-corrected chi connectivity index (χ3v) is 2.33. The molecule has 0 heterocycles. The third kappa shape index (κ3) is 3.19. The summed E-state index contributed by atoms with van der Waals surface area (Å²) in [5.74, 6) is -1.44. The number of aliphatic carboxylic acids is 1. The fourth-order valence-electron chi connectivity index (χ4n) is 1.10. The lowest BCUT2D eigenvalue weighted by atomic mass is 10.0. The number of benzene rings is 1. The summed E-state index contributed by atoms with van der Waals surface area (Å²) < 4.78 is 0.968. The van der Waals surface area contributed by atoms with Gasteiger partial charge in [-0.1, -0.05) is 35.0 Å². The molecule has 0 saturated carbocycles. The lowest BCUT2D eigenvalue weighted by Gasteiger charge is -2.12. The van der Waals surface area contributed by atoms with Crippen LogP contribution in [0.15, 0.2) is 28.7 Å². The van der Waals surface area contributed by atoms with Crippen molar-refractivity contribution in [2.45, 2.75) is 13.3 Å². The molecule has 0 spiro atoms. The van der Waals surface area contributed by atoms with Crippen LogP contribution in [0.25, 0.3) is 0 Å². The van der Waals surface area contributed by atoms with Crippen molar-refractivity contribution in [2.24, 2.45) is 5.92 Å². The Kier molecular flexibility index (Phi) is 3.48. The fraction of sp³-hybridized carbons (Fsp3) is 0.300. The van der Waals surface area contributed by atoms with Gasteiger partial charge in [-0.3, -0.25) is 0 Å². The molecular weight excluding hydrogens is 232 g/mol. The average Bonchev–Trinajstić information content (AvgIpc) is 2.04. The lowest BCUT2D eigenvalue weighted by molar-refractivity contribution is -0.310. The standard InChI is InChI=1S/C10H11BrO2/c1-7(10(12)13)5-8-3-2-4-9(11)6-8/h2-4,6-7H,5H2,1H3,(H,12,13)/p-1. The van der Waals surface area contributed by atoms with E-state index >= 15 is 0 Å². The van der Waals surface area contributed by atoms with Gasteiger partial charge >= 0.3 is 0 Å². The van der Waals surface area contributed by atoms with E-state index in [4.69, 9.17) is 0 Å². The molecule has 1 rings (SSSR count). The Hall–Kier alpha value is -0.830. The molecule has 1 aromatic carbocycles. The Balaban J connectivity index is 2.69. The number of hydrogen-bond acceptors (Lipinski definition) is 2. The number of rotatable bonds is 3. The van der Waals surface area contributed by atoms with Gasteiger partial charge in [-0.15, -0.1) is 0 Å². The smallest absolute Gasteiger partial charge is 0.0445 e. The first kappa shape index (κ1) is 10.3. The molecule has 0 aliphatic rings. The second-order valence-electron chi connectivity index (χ2n) is 3.05. The van der Waals surface area contributed by atoms with Crippen LogP contribution in [0.4, 0.5) is 0 Å². The monoisotopic (exact) mass is 241 g/mol. The van der Waals surface area contributed by atoms with Gasteiger partial charge in [0.1, 0.15) is 0 Å². The maximum atomic E-state index is 10.5. The van der Waals surface area contributed by atoms with Crippen LogP contribution in [-0.4, -0.2) is 5.97 Å². The van der Waals surface area contributed by atoms with E-state index < -0.39 is 11.9 Å². The normalized spacial score (nSPS) is 12.5. The molecule has 0 amide bonds. The number of carboxylic acid groups (broad SMARTS) is 1. The van der Waals surface area contributed by atoms with E-state index in [1.807, 2.05) is 24.3 Å². The van der Waals surface area contributed by atoms with Crippen molar-refractivity contribution in [2.75, 3.05) is 0 Å². The van der Waals surface area contributed by atoms with Crippen LogP contribution in [0.3, 0.4) is 0 Å². The second-order valence-corrected chi connectivity index (χ2v) is 3.97. The number of carboxylic acids is 1. The van der Waals surface area contributed by atoms with Gasteiger partial charge in [0.05, 0.1) is 0 Å². The highest BCUT2D eigenvalue weighted by Gasteiger charge is 2.03. The highest BCUT2D eigenvalue weighted by Crippen LogP contribution is 2.14.